The van der Waals surface area contributed by atoms with Crippen molar-refractivity contribution >= 4 is 11.6 Å². The molecule has 0 bridgehead atoms. The molecule has 4 atom stereocenters. The lowest BCUT2D eigenvalue weighted by atomic mass is 9.76. The first-order valence-electron chi connectivity index (χ1n) is 11.0. The van der Waals surface area contributed by atoms with E-state index in [1.165, 1.54) is 6.07 Å². The van der Waals surface area contributed by atoms with E-state index in [2.05, 4.69) is 28.9 Å². The van der Waals surface area contributed by atoms with Crippen LogP contribution in [0.15, 0.2) is 78.9 Å². The second kappa shape index (κ2) is 8.08. The number of aromatic hydroxyl groups is 2. The number of carbonyl (C=O) groups is 1. The van der Waals surface area contributed by atoms with Gasteiger partial charge in [0.25, 0.3) is 5.91 Å². The standard InChI is InChI=1S/C27H26N2O3/c1-16(17-7-3-2-4-8-17)28-27(32)23-12-6-11-21-19-9-5-10-20(19)25(29-26(21)23)22-14-13-18(30)15-24(22)31/h2-9,11-16,19-20,25,29-31H,10H2,1H3,(H,28,32). The lowest BCUT2D eigenvalue weighted by molar-refractivity contribution is 0.0940. The molecule has 0 fully saturated rings. The van der Waals surface area contributed by atoms with Crippen LogP contribution in [-0.2, 0) is 0 Å². The minimum absolute atomic E-state index is 0.0264. The number of para-hydroxylation sites is 1. The van der Waals surface area contributed by atoms with Gasteiger partial charge >= 0.3 is 0 Å². The van der Waals surface area contributed by atoms with Gasteiger partial charge in [0.1, 0.15) is 11.5 Å². The molecular formula is C27H26N2O3. The number of fused-ring (bicyclic) bond motifs is 3. The number of hydrogen-bond donors (Lipinski definition) is 4. The Hall–Kier alpha value is -3.73. The summed E-state index contributed by atoms with van der Waals surface area (Å²) < 4.78 is 0. The number of carbonyl (C=O) groups excluding carboxylic acids is 1. The van der Waals surface area contributed by atoms with E-state index >= 15 is 0 Å². The van der Waals surface area contributed by atoms with Gasteiger partial charge in [-0.2, -0.15) is 0 Å². The molecule has 3 aromatic rings. The molecule has 162 valence electrons. The third-order valence-electron chi connectivity index (χ3n) is 6.64. The normalized spacial score (nSPS) is 21.8. The maximum atomic E-state index is 13.3. The molecule has 0 saturated carbocycles. The molecule has 5 rings (SSSR count). The predicted octanol–water partition coefficient (Wildman–Crippen LogP) is 5.42. The average molecular weight is 427 g/mol. The van der Waals surface area contributed by atoms with Crippen LogP contribution in [0.2, 0.25) is 0 Å². The third-order valence-corrected chi connectivity index (χ3v) is 6.64. The van der Waals surface area contributed by atoms with Gasteiger partial charge in [-0.3, -0.25) is 4.79 Å². The monoisotopic (exact) mass is 426 g/mol. The number of allylic oxidation sites excluding steroid dienone is 2. The molecule has 0 radical (unpaired) electrons. The lowest BCUT2D eigenvalue weighted by Gasteiger charge is -2.38. The summed E-state index contributed by atoms with van der Waals surface area (Å²) in [6.45, 7) is 1.98. The Bertz CT molecular complexity index is 1190. The fourth-order valence-electron chi connectivity index (χ4n) is 5.01. The zero-order valence-corrected chi connectivity index (χ0v) is 17.8. The van der Waals surface area contributed by atoms with Crippen molar-refractivity contribution < 1.29 is 15.0 Å². The zero-order valence-electron chi connectivity index (χ0n) is 17.8. The van der Waals surface area contributed by atoms with Crippen molar-refractivity contribution in [2.75, 3.05) is 5.32 Å². The Kier molecular flexibility index (Phi) is 5.10. The highest BCUT2D eigenvalue weighted by Gasteiger charge is 2.40. The highest BCUT2D eigenvalue weighted by molar-refractivity contribution is 6.01. The maximum absolute atomic E-state index is 13.3. The van der Waals surface area contributed by atoms with Crippen LogP contribution in [0.1, 0.15) is 58.4 Å². The topological polar surface area (TPSA) is 81.6 Å². The summed E-state index contributed by atoms with van der Waals surface area (Å²) in [4.78, 5) is 13.3. The Balaban J connectivity index is 1.50. The molecule has 2 aliphatic rings. The fourth-order valence-corrected chi connectivity index (χ4v) is 5.01. The summed E-state index contributed by atoms with van der Waals surface area (Å²) in [7, 11) is 0. The van der Waals surface area contributed by atoms with Crippen LogP contribution >= 0.6 is 0 Å². The van der Waals surface area contributed by atoms with Gasteiger partial charge in [0.05, 0.1) is 23.3 Å². The van der Waals surface area contributed by atoms with Crippen LogP contribution in [0.25, 0.3) is 0 Å². The van der Waals surface area contributed by atoms with Gasteiger partial charge in [0, 0.05) is 17.5 Å². The molecule has 0 saturated heterocycles. The minimum Gasteiger partial charge on any atom is -0.508 e. The smallest absolute Gasteiger partial charge is 0.253 e. The zero-order chi connectivity index (χ0) is 22.2. The van der Waals surface area contributed by atoms with Gasteiger partial charge in [0.15, 0.2) is 0 Å². The summed E-state index contributed by atoms with van der Waals surface area (Å²) in [6, 6.07) is 20.1. The first-order valence-corrected chi connectivity index (χ1v) is 11.0. The van der Waals surface area contributed by atoms with E-state index in [4.69, 9.17) is 0 Å². The SMILES string of the molecule is CC(NC(=O)c1cccc2c1NC(c1ccc(O)cc1O)C1CC=CC21)c1ccccc1. The second-order valence-corrected chi connectivity index (χ2v) is 8.59. The largest absolute Gasteiger partial charge is 0.508 e. The molecule has 1 heterocycles. The van der Waals surface area contributed by atoms with Crippen LogP contribution in [0.3, 0.4) is 0 Å². The Morgan fingerprint density at radius 3 is 2.62 bits per heavy atom. The van der Waals surface area contributed by atoms with Gasteiger partial charge in [0.2, 0.25) is 0 Å². The van der Waals surface area contributed by atoms with Gasteiger partial charge in [-0.15, -0.1) is 0 Å². The van der Waals surface area contributed by atoms with E-state index in [0.717, 1.165) is 28.8 Å². The van der Waals surface area contributed by atoms with Crippen LogP contribution in [0.4, 0.5) is 5.69 Å². The van der Waals surface area contributed by atoms with E-state index in [9.17, 15) is 15.0 Å². The summed E-state index contributed by atoms with van der Waals surface area (Å²) in [5.74, 6) is 0.317. The first-order chi connectivity index (χ1) is 15.5. The Labute approximate surface area is 187 Å². The molecule has 0 spiro atoms. The summed E-state index contributed by atoms with van der Waals surface area (Å²) >= 11 is 0. The van der Waals surface area contributed by atoms with E-state index < -0.39 is 0 Å². The first kappa shape index (κ1) is 20.2. The van der Waals surface area contributed by atoms with Crippen molar-refractivity contribution in [2.45, 2.75) is 31.3 Å². The van der Waals surface area contributed by atoms with Crippen molar-refractivity contribution in [3.8, 4) is 11.5 Å². The molecule has 32 heavy (non-hydrogen) atoms. The molecule has 1 amide bonds. The van der Waals surface area contributed by atoms with Crippen LogP contribution in [0, 0.1) is 5.92 Å². The number of nitrogens with one attached hydrogen (secondary N) is 2. The molecule has 3 aromatic carbocycles. The number of phenolic OH excluding ortho intramolecular Hbond substituents is 2. The fraction of sp³-hybridized carbons (Fsp3) is 0.222. The summed E-state index contributed by atoms with van der Waals surface area (Å²) in [5, 5.41) is 26.9. The minimum atomic E-state index is -0.177. The number of amides is 1. The number of benzene rings is 3. The van der Waals surface area contributed by atoms with Gasteiger partial charge in [-0.05, 0) is 48.6 Å². The van der Waals surface area contributed by atoms with E-state index in [1.54, 1.807) is 12.1 Å². The van der Waals surface area contributed by atoms with Gasteiger partial charge in [-0.1, -0.05) is 54.6 Å². The van der Waals surface area contributed by atoms with Crippen molar-refractivity contribution in [3.05, 3.63) is 101 Å². The van der Waals surface area contributed by atoms with Crippen LogP contribution in [0.5, 0.6) is 11.5 Å². The number of hydrogen-bond acceptors (Lipinski definition) is 4. The lowest BCUT2D eigenvalue weighted by Crippen LogP contribution is -2.33. The Morgan fingerprint density at radius 2 is 1.84 bits per heavy atom. The van der Waals surface area contributed by atoms with Crippen molar-refractivity contribution in [3.63, 3.8) is 0 Å². The summed E-state index contributed by atoms with van der Waals surface area (Å²) in [6.07, 6.45) is 5.24. The number of rotatable bonds is 4. The Morgan fingerprint density at radius 1 is 1.03 bits per heavy atom. The molecule has 1 aliphatic carbocycles. The van der Waals surface area contributed by atoms with Gasteiger partial charge < -0.3 is 20.8 Å². The van der Waals surface area contributed by atoms with E-state index in [0.29, 0.717) is 5.56 Å². The molecule has 0 aromatic heterocycles. The second-order valence-electron chi connectivity index (χ2n) is 8.59. The van der Waals surface area contributed by atoms with E-state index in [-0.39, 0.29) is 41.3 Å². The predicted molar refractivity (Wildman–Crippen MR) is 125 cm³/mol. The van der Waals surface area contributed by atoms with E-state index in [1.807, 2.05) is 49.4 Å². The molecular weight excluding hydrogens is 400 g/mol. The summed E-state index contributed by atoms with van der Waals surface area (Å²) in [5.41, 5.74) is 4.26. The van der Waals surface area contributed by atoms with Crippen molar-refractivity contribution in [1.82, 2.24) is 5.32 Å². The molecule has 4 N–H and O–H groups in total. The van der Waals surface area contributed by atoms with Crippen LogP contribution in [-0.4, -0.2) is 16.1 Å². The van der Waals surface area contributed by atoms with Crippen molar-refractivity contribution in [2.24, 2.45) is 5.92 Å². The molecule has 4 unspecified atom stereocenters. The highest BCUT2D eigenvalue weighted by Crippen LogP contribution is 2.52. The van der Waals surface area contributed by atoms with Gasteiger partial charge in [-0.25, -0.2) is 0 Å². The highest BCUT2D eigenvalue weighted by atomic mass is 16.3. The molecule has 5 nitrogen and oxygen atoms in total. The third kappa shape index (κ3) is 3.50. The molecule has 1 aliphatic heterocycles. The van der Waals surface area contributed by atoms with Crippen LogP contribution < -0.4 is 10.6 Å². The number of anilines is 1. The molecule has 5 heteroatoms. The average Bonchev–Trinajstić information content (AvgIpc) is 3.29. The quantitative estimate of drug-likeness (QED) is 0.420. The van der Waals surface area contributed by atoms with Crippen molar-refractivity contribution in [1.29, 1.82) is 0 Å². The number of phenols is 2. The maximum Gasteiger partial charge on any atom is 0.253 e.